The molecule has 4 aromatic rings. The minimum Gasteiger partial charge on any atom is -0.338 e. The van der Waals surface area contributed by atoms with E-state index in [1.54, 1.807) is 0 Å². The summed E-state index contributed by atoms with van der Waals surface area (Å²) in [6, 6.07) is 34.3. The van der Waals surface area contributed by atoms with Gasteiger partial charge in [-0.05, 0) is 72.2 Å². The molecule has 37 heavy (non-hydrogen) atoms. The van der Waals surface area contributed by atoms with Gasteiger partial charge >= 0.3 is 0 Å². The molecular weight excluding hydrogens is 452 g/mol. The Balaban J connectivity index is 1.21. The van der Waals surface area contributed by atoms with Crippen LogP contribution < -0.4 is 0 Å². The van der Waals surface area contributed by atoms with Gasteiger partial charge < -0.3 is 9.80 Å². The van der Waals surface area contributed by atoms with E-state index in [0.717, 1.165) is 54.6 Å². The number of hydrogen-bond acceptors (Lipinski definition) is 2. The number of rotatable bonds is 5. The molecule has 2 heterocycles. The highest BCUT2D eigenvalue weighted by Gasteiger charge is 2.38. The van der Waals surface area contributed by atoms with Gasteiger partial charge in [-0.3, -0.25) is 4.79 Å². The molecule has 0 radical (unpaired) electrons. The second-order valence-electron chi connectivity index (χ2n) is 11.0. The lowest BCUT2D eigenvalue weighted by Gasteiger charge is -2.34. The summed E-state index contributed by atoms with van der Waals surface area (Å²) in [6.07, 6.45) is 2.43. The Hall–Kier alpha value is -3.43. The van der Waals surface area contributed by atoms with Gasteiger partial charge in [-0.15, -0.1) is 0 Å². The van der Waals surface area contributed by atoms with Gasteiger partial charge in [0.05, 0.1) is 5.56 Å². The molecule has 0 aliphatic carbocycles. The summed E-state index contributed by atoms with van der Waals surface area (Å²) in [5, 5.41) is 2.20. The summed E-state index contributed by atoms with van der Waals surface area (Å²) in [5.41, 5.74) is 4.77. The third-order valence-corrected chi connectivity index (χ3v) is 8.66. The Labute approximate surface area is 220 Å². The molecule has 0 aromatic heterocycles. The molecule has 3 nitrogen and oxygen atoms in total. The molecule has 0 bridgehead atoms. The zero-order chi connectivity index (χ0) is 25.2. The molecule has 2 saturated heterocycles. The van der Waals surface area contributed by atoms with Crippen molar-refractivity contribution in [2.45, 2.75) is 31.6 Å². The summed E-state index contributed by atoms with van der Waals surface area (Å²) in [5.74, 6) is 1.65. The highest BCUT2D eigenvalue weighted by atomic mass is 16.2. The fraction of sp³-hybridized carbons (Fsp3) is 0.324. The lowest BCUT2D eigenvalue weighted by Crippen LogP contribution is -2.38. The molecule has 2 atom stereocenters. The predicted octanol–water partition coefficient (Wildman–Crippen LogP) is 6.88. The number of nitrogens with zero attached hydrogens (tertiary/aromatic N) is 2. The van der Waals surface area contributed by atoms with Crippen molar-refractivity contribution in [3.8, 4) is 0 Å². The Bertz CT molecular complexity index is 1360. The van der Waals surface area contributed by atoms with E-state index in [0.29, 0.717) is 17.8 Å². The van der Waals surface area contributed by atoms with E-state index in [1.807, 2.05) is 12.1 Å². The lowest BCUT2D eigenvalue weighted by atomic mass is 9.86. The van der Waals surface area contributed by atoms with E-state index in [4.69, 9.17) is 0 Å². The van der Waals surface area contributed by atoms with Crippen LogP contribution >= 0.6 is 0 Å². The first-order valence-electron chi connectivity index (χ1n) is 13.8. The standard InChI is InChI=1S/C34H36N2O/c1-25-16-17-29-14-8-9-15-31(29)33(25)34(37)36-23-30(32(24-36)28-12-6-3-7-13-28)22-35-20-18-27(19-21-35)26-10-4-2-5-11-26/h2-17,27,30,32H,18-24H2,1H3. The summed E-state index contributed by atoms with van der Waals surface area (Å²) in [7, 11) is 0. The second kappa shape index (κ2) is 10.5. The maximum atomic E-state index is 14.0. The maximum absolute atomic E-state index is 14.0. The molecule has 0 spiro atoms. The normalized spacial score (nSPS) is 20.9. The number of carbonyl (C=O) groups is 1. The van der Waals surface area contributed by atoms with E-state index in [1.165, 1.54) is 24.0 Å². The average Bonchev–Trinajstić information content (AvgIpc) is 3.38. The molecule has 4 aromatic carbocycles. The third-order valence-electron chi connectivity index (χ3n) is 8.66. The largest absolute Gasteiger partial charge is 0.338 e. The summed E-state index contributed by atoms with van der Waals surface area (Å²) in [4.78, 5) is 18.8. The number of likely N-dealkylation sites (tertiary alicyclic amines) is 2. The molecule has 188 valence electrons. The highest BCUT2D eigenvalue weighted by molar-refractivity contribution is 6.08. The lowest BCUT2D eigenvalue weighted by molar-refractivity contribution is 0.0782. The minimum atomic E-state index is 0.181. The van der Waals surface area contributed by atoms with Crippen molar-refractivity contribution in [2.75, 3.05) is 32.7 Å². The zero-order valence-electron chi connectivity index (χ0n) is 21.7. The van der Waals surface area contributed by atoms with Crippen molar-refractivity contribution in [2.24, 2.45) is 5.92 Å². The number of aryl methyl sites for hydroxylation is 1. The van der Waals surface area contributed by atoms with Gasteiger partial charge in [0.15, 0.2) is 0 Å². The molecule has 2 aliphatic heterocycles. The van der Waals surface area contributed by atoms with E-state index < -0.39 is 0 Å². The third kappa shape index (κ3) is 4.93. The Morgan fingerprint density at radius 1 is 0.757 bits per heavy atom. The number of carbonyl (C=O) groups excluding carboxylic acids is 1. The van der Waals surface area contributed by atoms with Crippen LogP contribution in [-0.2, 0) is 0 Å². The van der Waals surface area contributed by atoms with E-state index in [-0.39, 0.29) is 5.91 Å². The van der Waals surface area contributed by atoms with Crippen molar-refractivity contribution in [1.82, 2.24) is 9.80 Å². The van der Waals surface area contributed by atoms with Gasteiger partial charge in [0.2, 0.25) is 0 Å². The van der Waals surface area contributed by atoms with E-state index in [9.17, 15) is 4.79 Å². The van der Waals surface area contributed by atoms with Gasteiger partial charge in [-0.1, -0.05) is 97.1 Å². The monoisotopic (exact) mass is 488 g/mol. The first kappa shape index (κ1) is 23.9. The molecule has 2 aliphatic rings. The molecule has 2 fully saturated rings. The number of benzene rings is 4. The van der Waals surface area contributed by atoms with E-state index in [2.05, 4.69) is 102 Å². The van der Waals surface area contributed by atoms with Gasteiger partial charge in [-0.25, -0.2) is 0 Å². The van der Waals surface area contributed by atoms with Crippen LogP contribution in [0.2, 0.25) is 0 Å². The quantitative estimate of drug-likeness (QED) is 0.306. The predicted molar refractivity (Wildman–Crippen MR) is 152 cm³/mol. The van der Waals surface area contributed by atoms with Crippen molar-refractivity contribution >= 4 is 16.7 Å². The Morgan fingerprint density at radius 3 is 2.14 bits per heavy atom. The van der Waals surface area contributed by atoms with Crippen LogP contribution in [0.4, 0.5) is 0 Å². The minimum absolute atomic E-state index is 0.181. The fourth-order valence-corrected chi connectivity index (χ4v) is 6.63. The highest BCUT2D eigenvalue weighted by Crippen LogP contribution is 2.37. The zero-order valence-corrected chi connectivity index (χ0v) is 21.7. The number of fused-ring (bicyclic) bond motifs is 1. The first-order valence-corrected chi connectivity index (χ1v) is 13.8. The van der Waals surface area contributed by atoms with Crippen molar-refractivity contribution < 1.29 is 4.79 Å². The van der Waals surface area contributed by atoms with Crippen LogP contribution in [0.15, 0.2) is 97.1 Å². The molecule has 1 amide bonds. The first-order chi connectivity index (χ1) is 18.2. The van der Waals surface area contributed by atoms with Gasteiger partial charge in [0.25, 0.3) is 5.91 Å². The fourth-order valence-electron chi connectivity index (χ4n) is 6.63. The summed E-state index contributed by atoms with van der Waals surface area (Å²) in [6.45, 7) is 7.00. The second-order valence-corrected chi connectivity index (χ2v) is 11.0. The average molecular weight is 489 g/mol. The smallest absolute Gasteiger partial charge is 0.254 e. The van der Waals surface area contributed by atoms with Crippen LogP contribution in [0.1, 0.15) is 51.7 Å². The SMILES string of the molecule is Cc1ccc2ccccc2c1C(=O)N1CC(CN2CCC(c3ccccc3)CC2)C(c2ccccc2)C1. The summed E-state index contributed by atoms with van der Waals surface area (Å²) >= 11 is 0. The van der Waals surface area contributed by atoms with Crippen molar-refractivity contribution in [1.29, 1.82) is 0 Å². The van der Waals surface area contributed by atoms with E-state index >= 15 is 0 Å². The van der Waals surface area contributed by atoms with Gasteiger partial charge in [0.1, 0.15) is 0 Å². The van der Waals surface area contributed by atoms with Crippen LogP contribution in [0.3, 0.4) is 0 Å². The van der Waals surface area contributed by atoms with Gasteiger partial charge in [-0.2, -0.15) is 0 Å². The van der Waals surface area contributed by atoms with Crippen molar-refractivity contribution in [3.05, 3.63) is 119 Å². The van der Waals surface area contributed by atoms with Crippen molar-refractivity contribution in [3.63, 3.8) is 0 Å². The Morgan fingerprint density at radius 2 is 1.41 bits per heavy atom. The number of piperidine rings is 1. The summed E-state index contributed by atoms with van der Waals surface area (Å²) < 4.78 is 0. The molecular formula is C34H36N2O. The van der Waals surface area contributed by atoms with Crippen LogP contribution in [-0.4, -0.2) is 48.4 Å². The molecule has 6 rings (SSSR count). The van der Waals surface area contributed by atoms with Crippen LogP contribution in [0.5, 0.6) is 0 Å². The van der Waals surface area contributed by atoms with Crippen LogP contribution in [0.25, 0.3) is 10.8 Å². The molecule has 3 heteroatoms. The molecule has 0 saturated carbocycles. The van der Waals surface area contributed by atoms with Crippen LogP contribution in [0, 0.1) is 12.8 Å². The molecule has 2 unspecified atom stereocenters. The number of hydrogen-bond donors (Lipinski definition) is 0. The topological polar surface area (TPSA) is 23.6 Å². The van der Waals surface area contributed by atoms with Gasteiger partial charge in [0, 0.05) is 25.6 Å². The maximum Gasteiger partial charge on any atom is 0.254 e. The number of amides is 1. The molecule has 0 N–H and O–H groups in total. The Kier molecular flexibility index (Phi) is 6.80.